The fourth-order valence-corrected chi connectivity index (χ4v) is 2.22. The zero-order valence-corrected chi connectivity index (χ0v) is 10.7. The lowest BCUT2D eigenvalue weighted by atomic mass is 10.4. The maximum Gasteiger partial charge on any atom is 0.0798 e. The molecule has 1 aromatic rings. The van der Waals surface area contributed by atoms with Gasteiger partial charge < -0.3 is 10.2 Å². The highest BCUT2D eigenvalue weighted by Gasteiger charge is 2.01. The first-order chi connectivity index (χ1) is 7.27. The molecular formula is C11H21N3S. The molecule has 0 aromatic carbocycles. The molecule has 4 heteroatoms. The lowest BCUT2D eigenvalue weighted by Crippen LogP contribution is -2.31. The fraction of sp³-hybridized carbons (Fsp3) is 0.727. The van der Waals surface area contributed by atoms with Crippen molar-refractivity contribution >= 4 is 11.3 Å². The van der Waals surface area contributed by atoms with Crippen LogP contribution in [-0.4, -0.2) is 36.1 Å². The molecule has 1 heterocycles. The Labute approximate surface area is 96.5 Å². The van der Waals surface area contributed by atoms with Gasteiger partial charge in [0.15, 0.2) is 0 Å². The molecule has 0 bridgehead atoms. The molecule has 0 atom stereocenters. The van der Waals surface area contributed by atoms with Crippen molar-refractivity contribution in [2.75, 3.05) is 26.2 Å². The molecule has 1 aromatic heterocycles. The summed E-state index contributed by atoms with van der Waals surface area (Å²) >= 11 is 1.73. The Balaban J connectivity index is 2.14. The van der Waals surface area contributed by atoms with Crippen molar-refractivity contribution in [2.45, 2.75) is 27.3 Å². The molecule has 0 saturated heterocycles. The van der Waals surface area contributed by atoms with Crippen LogP contribution in [0.25, 0.3) is 0 Å². The molecule has 15 heavy (non-hydrogen) atoms. The van der Waals surface area contributed by atoms with E-state index in [1.165, 1.54) is 4.88 Å². The van der Waals surface area contributed by atoms with Crippen molar-refractivity contribution in [1.82, 2.24) is 15.2 Å². The van der Waals surface area contributed by atoms with Crippen molar-refractivity contribution in [3.63, 3.8) is 0 Å². The quantitative estimate of drug-likeness (QED) is 0.721. The first kappa shape index (κ1) is 12.6. The summed E-state index contributed by atoms with van der Waals surface area (Å²) in [5.74, 6) is 0. The van der Waals surface area contributed by atoms with E-state index < -0.39 is 0 Å². The smallest absolute Gasteiger partial charge is 0.0798 e. The Kier molecular flexibility index (Phi) is 5.83. The van der Waals surface area contributed by atoms with Crippen LogP contribution in [-0.2, 0) is 6.54 Å². The highest BCUT2D eigenvalue weighted by atomic mass is 32.1. The zero-order valence-electron chi connectivity index (χ0n) is 9.92. The van der Waals surface area contributed by atoms with Gasteiger partial charge in [-0.3, -0.25) is 0 Å². The fourth-order valence-electron chi connectivity index (χ4n) is 1.47. The first-order valence-corrected chi connectivity index (χ1v) is 6.47. The Morgan fingerprint density at radius 3 is 2.67 bits per heavy atom. The minimum absolute atomic E-state index is 0.956. The van der Waals surface area contributed by atoms with E-state index in [0.29, 0.717) is 0 Å². The molecule has 0 aliphatic carbocycles. The van der Waals surface area contributed by atoms with Gasteiger partial charge in [0, 0.05) is 24.5 Å². The third-order valence-electron chi connectivity index (χ3n) is 2.63. The van der Waals surface area contributed by atoms with Crippen LogP contribution in [0.5, 0.6) is 0 Å². The van der Waals surface area contributed by atoms with Crippen LogP contribution in [0.3, 0.4) is 0 Å². The van der Waals surface area contributed by atoms with Gasteiger partial charge in [-0.15, -0.1) is 11.3 Å². The highest BCUT2D eigenvalue weighted by Crippen LogP contribution is 2.10. The van der Waals surface area contributed by atoms with Crippen LogP contribution in [0.4, 0.5) is 0 Å². The van der Waals surface area contributed by atoms with Gasteiger partial charge in [0.1, 0.15) is 0 Å². The number of nitrogens with one attached hydrogen (secondary N) is 1. The van der Waals surface area contributed by atoms with Gasteiger partial charge in [-0.1, -0.05) is 13.8 Å². The largest absolute Gasteiger partial charge is 0.311 e. The van der Waals surface area contributed by atoms with E-state index in [1.807, 2.05) is 5.51 Å². The van der Waals surface area contributed by atoms with Crippen molar-refractivity contribution < 1.29 is 0 Å². The molecule has 1 rings (SSSR count). The van der Waals surface area contributed by atoms with Crippen molar-refractivity contribution in [1.29, 1.82) is 0 Å². The number of likely N-dealkylation sites (N-methyl/N-ethyl adjacent to an activating group) is 1. The Hall–Kier alpha value is -0.450. The van der Waals surface area contributed by atoms with E-state index in [2.05, 4.69) is 36.0 Å². The van der Waals surface area contributed by atoms with Gasteiger partial charge in [-0.05, 0) is 20.0 Å². The van der Waals surface area contributed by atoms with E-state index in [-0.39, 0.29) is 0 Å². The summed E-state index contributed by atoms with van der Waals surface area (Å²) in [6.45, 7) is 11.9. The van der Waals surface area contributed by atoms with E-state index >= 15 is 0 Å². The number of rotatable bonds is 7. The molecule has 3 nitrogen and oxygen atoms in total. The highest BCUT2D eigenvalue weighted by molar-refractivity contribution is 7.09. The maximum atomic E-state index is 4.23. The van der Waals surface area contributed by atoms with Crippen LogP contribution >= 0.6 is 11.3 Å². The predicted molar refractivity (Wildman–Crippen MR) is 66.3 cm³/mol. The number of thiazole rings is 1. The number of nitrogens with zero attached hydrogens (tertiary/aromatic N) is 2. The third kappa shape index (κ3) is 4.28. The second-order valence-electron chi connectivity index (χ2n) is 3.56. The van der Waals surface area contributed by atoms with Gasteiger partial charge in [-0.25, -0.2) is 4.98 Å². The third-order valence-corrected chi connectivity index (χ3v) is 3.56. The standard InChI is InChI=1S/C11H21N3S/c1-4-14(5-2)7-6-12-8-11-10(3)13-9-15-11/h9,12H,4-8H2,1-3H3. The van der Waals surface area contributed by atoms with Crippen LogP contribution < -0.4 is 5.32 Å². The topological polar surface area (TPSA) is 28.2 Å². The van der Waals surface area contributed by atoms with E-state index in [1.54, 1.807) is 11.3 Å². The molecule has 0 radical (unpaired) electrons. The lowest BCUT2D eigenvalue weighted by Gasteiger charge is -2.17. The molecule has 0 aliphatic rings. The minimum atomic E-state index is 0.956. The van der Waals surface area contributed by atoms with Crippen molar-refractivity contribution in [2.24, 2.45) is 0 Å². The Morgan fingerprint density at radius 1 is 1.40 bits per heavy atom. The monoisotopic (exact) mass is 227 g/mol. The average Bonchev–Trinajstić information content (AvgIpc) is 2.65. The van der Waals surface area contributed by atoms with Crippen LogP contribution in [0.15, 0.2) is 5.51 Å². The molecule has 0 spiro atoms. The summed E-state index contributed by atoms with van der Waals surface area (Å²) in [7, 11) is 0. The summed E-state index contributed by atoms with van der Waals surface area (Å²) in [5.41, 5.74) is 3.08. The summed E-state index contributed by atoms with van der Waals surface area (Å²) in [6.07, 6.45) is 0. The predicted octanol–water partition coefficient (Wildman–Crippen LogP) is 1.88. The van der Waals surface area contributed by atoms with E-state index in [0.717, 1.165) is 38.4 Å². The second kappa shape index (κ2) is 6.93. The molecule has 0 amide bonds. The van der Waals surface area contributed by atoms with Crippen molar-refractivity contribution in [3.05, 3.63) is 16.1 Å². The van der Waals surface area contributed by atoms with E-state index in [9.17, 15) is 0 Å². The Morgan fingerprint density at radius 2 is 2.13 bits per heavy atom. The van der Waals surface area contributed by atoms with Gasteiger partial charge >= 0.3 is 0 Å². The SMILES string of the molecule is CCN(CC)CCNCc1scnc1C. The molecule has 1 N–H and O–H groups in total. The number of aromatic nitrogens is 1. The van der Waals surface area contributed by atoms with E-state index in [4.69, 9.17) is 0 Å². The maximum absolute atomic E-state index is 4.23. The molecule has 0 aliphatic heterocycles. The molecular weight excluding hydrogens is 206 g/mol. The number of aryl methyl sites for hydroxylation is 1. The van der Waals surface area contributed by atoms with Crippen molar-refractivity contribution in [3.8, 4) is 0 Å². The van der Waals surface area contributed by atoms with Gasteiger partial charge in [0.05, 0.1) is 11.2 Å². The van der Waals surface area contributed by atoms with Gasteiger partial charge in [0.2, 0.25) is 0 Å². The summed E-state index contributed by atoms with van der Waals surface area (Å²) < 4.78 is 0. The summed E-state index contributed by atoms with van der Waals surface area (Å²) in [5, 5.41) is 3.46. The number of hydrogen-bond acceptors (Lipinski definition) is 4. The molecule has 86 valence electrons. The number of hydrogen-bond donors (Lipinski definition) is 1. The summed E-state index contributed by atoms with van der Waals surface area (Å²) in [4.78, 5) is 8.01. The molecule has 0 saturated carbocycles. The van der Waals surface area contributed by atoms with Crippen LogP contribution in [0.2, 0.25) is 0 Å². The van der Waals surface area contributed by atoms with Crippen LogP contribution in [0, 0.1) is 6.92 Å². The zero-order chi connectivity index (χ0) is 11.1. The average molecular weight is 227 g/mol. The lowest BCUT2D eigenvalue weighted by molar-refractivity contribution is 0.302. The molecule has 0 unspecified atom stereocenters. The van der Waals surface area contributed by atoms with Crippen LogP contribution in [0.1, 0.15) is 24.4 Å². The minimum Gasteiger partial charge on any atom is -0.311 e. The Bertz CT molecular complexity index is 269. The van der Waals surface area contributed by atoms with Gasteiger partial charge in [-0.2, -0.15) is 0 Å². The normalized spacial score (nSPS) is 11.2. The first-order valence-electron chi connectivity index (χ1n) is 5.60. The second-order valence-corrected chi connectivity index (χ2v) is 4.50. The molecule has 0 fully saturated rings. The van der Waals surface area contributed by atoms with Gasteiger partial charge in [0.25, 0.3) is 0 Å². The summed E-state index contributed by atoms with van der Waals surface area (Å²) in [6, 6.07) is 0.